The molecule has 2 aromatic carbocycles. The van der Waals surface area contributed by atoms with Crippen LogP contribution in [0.15, 0.2) is 45.8 Å². The van der Waals surface area contributed by atoms with E-state index in [1.165, 1.54) is 12.1 Å². The molecule has 1 N–H and O–H groups in total. The van der Waals surface area contributed by atoms with Gasteiger partial charge in [0.05, 0.1) is 5.75 Å². The highest BCUT2D eigenvalue weighted by atomic mass is 79.9. The summed E-state index contributed by atoms with van der Waals surface area (Å²) >= 11 is 4.22. The zero-order valence-electron chi connectivity index (χ0n) is 11.2. The van der Waals surface area contributed by atoms with E-state index in [9.17, 15) is 18.0 Å². The Bertz CT molecular complexity index is 696. The van der Waals surface area contributed by atoms with Crippen molar-refractivity contribution in [2.45, 2.75) is 11.4 Å². The molecule has 0 fully saturated rings. The van der Waals surface area contributed by atoms with Gasteiger partial charge in [0.25, 0.3) is 0 Å². The molecular weight excluding hydrogens is 379 g/mol. The Morgan fingerprint density at radius 3 is 2.50 bits per heavy atom. The number of carbonyl (C=O) groups excluding carboxylic acids is 1. The molecule has 7 heteroatoms. The Labute approximate surface area is 138 Å². The minimum Gasteiger partial charge on any atom is -0.351 e. The average Bonchev–Trinajstić information content (AvgIpc) is 2.47. The lowest BCUT2D eigenvalue weighted by Crippen LogP contribution is -2.25. The molecule has 0 aromatic heterocycles. The Kier molecular flexibility index (Phi) is 5.90. The Balaban J connectivity index is 1.84. The van der Waals surface area contributed by atoms with Gasteiger partial charge < -0.3 is 5.32 Å². The van der Waals surface area contributed by atoms with Crippen molar-refractivity contribution in [3.63, 3.8) is 0 Å². The SMILES string of the molecule is O=C(CSc1ccc(F)c(F)c1)NCc1ccc(Br)cc1F. The van der Waals surface area contributed by atoms with Gasteiger partial charge in [0, 0.05) is 21.5 Å². The molecule has 0 aliphatic rings. The Hall–Kier alpha value is -1.47. The maximum atomic E-state index is 13.6. The van der Waals surface area contributed by atoms with Gasteiger partial charge >= 0.3 is 0 Å². The minimum absolute atomic E-state index is 0.0310. The smallest absolute Gasteiger partial charge is 0.230 e. The van der Waals surface area contributed by atoms with Crippen LogP contribution in [0.5, 0.6) is 0 Å². The van der Waals surface area contributed by atoms with E-state index in [2.05, 4.69) is 21.2 Å². The molecule has 2 nitrogen and oxygen atoms in total. The number of carbonyl (C=O) groups is 1. The van der Waals surface area contributed by atoms with E-state index >= 15 is 0 Å². The Morgan fingerprint density at radius 2 is 1.82 bits per heavy atom. The van der Waals surface area contributed by atoms with Crippen molar-refractivity contribution in [1.29, 1.82) is 0 Å². The monoisotopic (exact) mass is 389 g/mol. The van der Waals surface area contributed by atoms with Crippen molar-refractivity contribution in [1.82, 2.24) is 5.32 Å². The van der Waals surface area contributed by atoms with Gasteiger partial charge in [0.2, 0.25) is 5.91 Å². The fraction of sp³-hybridized carbons (Fsp3) is 0.133. The first kappa shape index (κ1) is 16.9. The standard InChI is InChI=1S/C15H11BrF3NOS/c16-10-2-1-9(13(18)5-10)7-20-15(21)8-22-11-3-4-12(17)14(19)6-11/h1-6H,7-8H2,(H,20,21). The predicted octanol–water partition coefficient (Wildman–Crippen LogP) is 4.27. The van der Waals surface area contributed by atoms with Crippen LogP contribution in [-0.4, -0.2) is 11.7 Å². The molecule has 0 aliphatic carbocycles. The highest BCUT2D eigenvalue weighted by Crippen LogP contribution is 2.20. The average molecular weight is 390 g/mol. The number of benzene rings is 2. The van der Waals surface area contributed by atoms with Crippen molar-refractivity contribution < 1.29 is 18.0 Å². The second-order valence-electron chi connectivity index (χ2n) is 4.38. The first-order chi connectivity index (χ1) is 10.5. The molecule has 0 heterocycles. The van der Waals surface area contributed by atoms with Crippen LogP contribution in [0.3, 0.4) is 0 Å². The number of hydrogen-bond donors (Lipinski definition) is 1. The van der Waals surface area contributed by atoms with E-state index in [4.69, 9.17) is 0 Å². The lowest BCUT2D eigenvalue weighted by Gasteiger charge is -2.07. The van der Waals surface area contributed by atoms with E-state index in [1.807, 2.05) is 0 Å². The molecular formula is C15H11BrF3NOS. The van der Waals surface area contributed by atoms with E-state index < -0.39 is 17.5 Å². The summed E-state index contributed by atoms with van der Waals surface area (Å²) in [5.74, 6) is -2.59. The number of halogens is 4. The molecule has 0 spiro atoms. The fourth-order valence-electron chi connectivity index (χ4n) is 1.63. The third kappa shape index (κ3) is 4.78. The second-order valence-corrected chi connectivity index (χ2v) is 6.34. The second kappa shape index (κ2) is 7.69. The summed E-state index contributed by atoms with van der Waals surface area (Å²) in [6.45, 7) is 0.0658. The van der Waals surface area contributed by atoms with Crippen LogP contribution in [0.25, 0.3) is 0 Å². The van der Waals surface area contributed by atoms with Gasteiger partial charge in [-0.2, -0.15) is 0 Å². The largest absolute Gasteiger partial charge is 0.351 e. The first-order valence-corrected chi connectivity index (χ1v) is 8.02. The van der Waals surface area contributed by atoms with Gasteiger partial charge in [0.1, 0.15) is 5.82 Å². The quantitative estimate of drug-likeness (QED) is 0.773. The van der Waals surface area contributed by atoms with Crippen LogP contribution in [-0.2, 0) is 11.3 Å². The van der Waals surface area contributed by atoms with Crippen molar-refractivity contribution in [2.24, 2.45) is 0 Å². The zero-order chi connectivity index (χ0) is 16.1. The number of amides is 1. The van der Waals surface area contributed by atoms with Gasteiger partial charge in [-0.05, 0) is 30.3 Å². The van der Waals surface area contributed by atoms with Crippen molar-refractivity contribution in [3.05, 3.63) is 63.9 Å². The van der Waals surface area contributed by atoms with Crippen molar-refractivity contribution in [3.8, 4) is 0 Å². The minimum atomic E-state index is -0.956. The number of nitrogens with one attached hydrogen (secondary N) is 1. The van der Waals surface area contributed by atoms with Crippen LogP contribution < -0.4 is 5.32 Å². The summed E-state index contributed by atoms with van der Waals surface area (Å²) in [7, 11) is 0. The number of rotatable bonds is 5. The number of thioether (sulfide) groups is 1. The highest BCUT2D eigenvalue weighted by molar-refractivity contribution is 9.10. The third-order valence-electron chi connectivity index (χ3n) is 2.75. The van der Waals surface area contributed by atoms with Crippen molar-refractivity contribution in [2.75, 3.05) is 5.75 Å². The summed E-state index contributed by atoms with van der Waals surface area (Å²) in [4.78, 5) is 12.1. The Morgan fingerprint density at radius 1 is 1.05 bits per heavy atom. The summed E-state index contributed by atoms with van der Waals surface area (Å²) in [5.41, 5.74) is 0.370. The van der Waals surface area contributed by atoms with Gasteiger partial charge in [0.15, 0.2) is 11.6 Å². The number of hydrogen-bond acceptors (Lipinski definition) is 2. The topological polar surface area (TPSA) is 29.1 Å². The molecule has 22 heavy (non-hydrogen) atoms. The van der Waals surface area contributed by atoms with E-state index in [-0.39, 0.29) is 18.2 Å². The predicted molar refractivity (Wildman–Crippen MR) is 83.0 cm³/mol. The molecule has 116 valence electrons. The normalized spacial score (nSPS) is 10.5. The third-order valence-corrected chi connectivity index (χ3v) is 4.24. The molecule has 0 saturated carbocycles. The molecule has 0 unspecified atom stereocenters. The van der Waals surface area contributed by atoms with Crippen LogP contribution in [0.4, 0.5) is 13.2 Å². The van der Waals surface area contributed by atoms with Crippen LogP contribution in [0.2, 0.25) is 0 Å². The van der Waals surface area contributed by atoms with Crippen LogP contribution >= 0.6 is 27.7 Å². The summed E-state index contributed by atoms with van der Waals surface area (Å²) in [6, 6.07) is 8.00. The summed E-state index contributed by atoms with van der Waals surface area (Å²) in [6.07, 6.45) is 0. The maximum Gasteiger partial charge on any atom is 0.230 e. The zero-order valence-corrected chi connectivity index (χ0v) is 13.6. The molecule has 2 aromatic rings. The molecule has 2 rings (SSSR count). The van der Waals surface area contributed by atoms with Gasteiger partial charge in [-0.25, -0.2) is 13.2 Å². The van der Waals surface area contributed by atoms with Crippen LogP contribution in [0, 0.1) is 17.5 Å². The first-order valence-electron chi connectivity index (χ1n) is 6.24. The van der Waals surface area contributed by atoms with Crippen LogP contribution in [0.1, 0.15) is 5.56 Å². The van der Waals surface area contributed by atoms with Gasteiger partial charge in [-0.15, -0.1) is 11.8 Å². The molecule has 1 amide bonds. The fourth-order valence-corrected chi connectivity index (χ4v) is 2.71. The van der Waals surface area contributed by atoms with Gasteiger partial charge in [-0.3, -0.25) is 4.79 Å². The van der Waals surface area contributed by atoms with E-state index in [0.717, 1.165) is 23.9 Å². The molecule has 0 aliphatic heterocycles. The molecule has 0 atom stereocenters. The lowest BCUT2D eigenvalue weighted by molar-refractivity contribution is -0.118. The molecule has 0 bridgehead atoms. The lowest BCUT2D eigenvalue weighted by atomic mass is 10.2. The summed E-state index contributed by atoms with van der Waals surface area (Å²) in [5, 5.41) is 2.57. The molecule has 0 radical (unpaired) electrons. The maximum absolute atomic E-state index is 13.6. The van der Waals surface area contributed by atoms with E-state index in [1.54, 1.807) is 12.1 Å². The van der Waals surface area contributed by atoms with Gasteiger partial charge in [-0.1, -0.05) is 22.0 Å². The van der Waals surface area contributed by atoms with Crippen molar-refractivity contribution >= 4 is 33.6 Å². The highest BCUT2D eigenvalue weighted by Gasteiger charge is 2.08. The summed E-state index contributed by atoms with van der Waals surface area (Å²) < 4.78 is 40.0. The van der Waals surface area contributed by atoms with E-state index in [0.29, 0.717) is 14.9 Å². The molecule has 0 saturated heterocycles.